The molecule has 0 aliphatic rings. The van der Waals surface area contributed by atoms with Crippen LogP contribution in [0.4, 0.5) is 74.6 Å². The molecule has 0 nitrogen and oxygen atoms in total. The Morgan fingerprint density at radius 3 is 1.07 bits per heavy atom. The van der Waals surface area contributed by atoms with Gasteiger partial charge in [-0.25, -0.2) is 61.5 Å². The van der Waals surface area contributed by atoms with Crippen molar-refractivity contribution in [3.8, 4) is 0 Å². The first-order valence-electron chi connectivity index (χ1n) is 42.0. The van der Waals surface area contributed by atoms with Crippen LogP contribution in [-0.4, -0.2) is 0 Å². The molecule has 0 bridgehead atoms. The molecule has 0 heterocycles. The molecule has 0 unspecified atom stereocenters. The average molecular weight is 1780 g/mol. The topological polar surface area (TPSA) is 0 Å². The van der Waals surface area contributed by atoms with Crippen LogP contribution in [0, 0.1) is 171 Å². The second-order valence-electron chi connectivity index (χ2n) is 33.4. The second kappa shape index (κ2) is 43.0. The van der Waals surface area contributed by atoms with Crippen LogP contribution < -0.4 is 0 Å². The highest BCUT2D eigenvalue weighted by Crippen LogP contribution is 2.39. The molecule has 130 heavy (non-hydrogen) atoms. The van der Waals surface area contributed by atoms with Gasteiger partial charge in [0.15, 0.2) is 23.3 Å². The number of hydrogen-bond acceptors (Lipinski definition) is 0. The molecule has 0 aliphatic heterocycles. The fourth-order valence-electron chi connectivity index (χ4n) is 15.5. The smallest absolute Gasteiger partial charge is 0.246 e. The van der Waals surface area contributed by atoms with Crippen LogP contribution in [-0.2, 0) is 19.5 Å². The van der Waals surface area contributed by atoms with Crippen LogP contribution in [0.25, 0.3) is 97.0 Å². The van der Waals surface area contributed by atoms with Crippen molar-refractivity contribution in [1.82, 2.24) is 0 Å². The van der Waals surface area contributed by atoms with Crippen LogP contribution in [0.1, 0.15) is 141 Å². The minimum absolute atomic E-state index is 0.0931. The van der Waals surface area contributed by atoms with Gasteiger partial charge in [0, 0.05) is 21.9 Å². The lowest BCUT2D eigenvalue weighted by molar-refractivity contribution is -0.136. The number of alkyl halides is 9. The van der Waals surface area contributed by atoms with Crippen molar-refractivity contribution in [2.45, 2.75) is 157 Å². The van der Waals surface area contributed by atoms with Gasteiger partial charge in [0.1, 0.15) is 36.6 Å². The van der Waals surface area contributed by atoms with Crippen LogP contribution in [0.5, 0.6) is 0 Å². The summed E-state index contributed by atoms with van der Waals surface area (Å²) >= 11 is 0. The van der Waals surface area contributed by atoms with E-state index in [4.69, 9.17) is 0 Å². The van der Waals surface area contributed by atoms with Crippen molar-refractivity contribution in [3.05, 3.63) is 423 Å². The summed E-state index contributed by atoms with van der Waals surface area (Å²) < 4.78 is 223. The van der Waals surface area contributed by atoms with Crippen LogP contribution in [0.2, 0.25) is 0 Å². The molecule has 0 saturated heterocycles. The molecule has 18 rings (SSSR count). The summed E-state index contributed by atoms with van der Waals surface area (Å²) in [7, 11) is 0. The Morgan fingerprint density at radius 1 is 0.223 bits per heavy atom. The van der Waals surface area contributed by atoms with Gasteiger partial charge >= 0.3 is 6.18 Å². The Morgan fingerprint density at radius 2 is 0.562 bits per heavy atom. The van der Waals surface area contributed by atoms with Gasteiger partial charge in [-0.05, 0) is 298 Å². The number of rotatable bonds is 4. The minimum atomic E-state index is -4.29. The average Bonchev–Trinajstić information content (AvgIpc) is 0.760. The summed E-state index contributed by atoms with van der Waals surface area (Å²) in [5.74, 6) is -5.31. The van der Waals surface area contributed by atoms with E-state index in [0.29, 0.717) is 71.1 Å². The highest BCUT2D eigenvalue weighted by molar-refractivity contribution is 5.93. The van der Waals surface area contributed by atoms with Crippen molar-refractivity contribution >= 4 is 97.0 Å². The van der Waals surface area contributed by atoms with Gasteiger partial charge in [-0.15, -0.1) is 0 Å². The van der Waals surface area contributed by atoms with Crippen molar-refractivity contribution in [3.63, 3.8) is 0 Å². The largest absolute Gasteiger partial charge is 0.417 e. The molecular weight excluding hydrogens is 1680 g/mol. The van der Waals surface area contributed by atoms with Gasteiger partial charge in [0.05, 0.1) is 16.3 Å². The molecule has 0 spiro atoms. The first-order valence-corrected chi connectivity index (χ1v) is 42.0. The van der Waals surface area contributed by atoms with E-state index < -0.39 is 65.3 Å². The van der Waals surface area contributed by atoms with Crippen molar-refractivity contribution in [2.24, 2.45) is 0 Å². The van der Waals surface area contributed by atoms with E-state index in [1.165, 1.54) is 43.2 Å². The number of benzene rings is 18. The zero-order valence-corrected chi connectivity index (χ0v) is 75.7. The van der Waals surface area contributed by atoms with Gasteiger partial charge in [-0.3, -0.25) is 0 Å². The molecule has 18 aromatic rings. The van der Waals surface area contributed by atoms with Gasteiger partial charge in [-0.1, -0.05) is 262 Å². The van der Waals surface area contributed by atoms with Crippen molar-refractivity contribution in [2.75, 3.05) is 0 Å². The Hall–Kier alpha value is -12.9. The normalized spacial score (nSPS) is 11.1. The molecule has 0 fully saturated rings. The quantitative estimate of drug-likeness (QED) is 0.154. The maximum atomic E-state index is 13.6. The van der Waals surface area contributed by atoms with Crippen molar-refractivity contribution in [1.29, 1.82) is 0 Å². The number of hydrogen-bond donors (Lipinski definition) is 0. The molecule has 18 aromatic carbocycles. The van der Waals surface area contributed by atoms with E-state index in [1.54, 1.807) is 133 Å². The van der Waals surface area contributed by atoms with Crippen LogP contribution in [0.15, 0.2) is 249 Å². The monoisotopic (exact) mass is 1780 g/mol. The molecule has 0 saturated carbocycles. The molecule has 0 atom stereocenters. The van der Waals surface area contributed by atoms with Gasteiger partial charge in [-0.2, -0.15) is 13.2 Å². The summed E-state index contributed by atoms with van der Waals surface area (Å²) in [5.41, 5.74) is 15.9. The highest BCUT2D eigenvalue weighted by atomic mass is 19.4. The molecule has 672 valence electrons. The zero-order valence-electron chi connectivity index (χ0n) is 75.7. The summed E-state index contributed by atoms with van der Waals surface area (Å²) in [4.78, 5) is 0. The lowest BCUT2D eigenvalue weighted by Crippen LogP contribution is -2.06. The predicted molar refractivity (Wildman–Crippen MR) is 505 cm³/mol. The number of halogens is 17. The maximum absolute atomic E-state index is 13.6. The summed E-state index contributed by atoms with van der Waals surface area (Å²) in [6.45, 7) is 31.8. The summed E-state index contributed by atoms with van der Waals surface area (Å²) in [6, 6.07) is 74.5. The minimum Gasteiger partial charge on any atom is -0.246 e. The van der Waals surface area contributed by atoms with Crippen molar-refractivity contribution < 1.29 is 74.6 Å². The van der Waals surface area contributed by atoms with Gasteiger partial charge in [0.2, 0.25) is 0 Å². The molecule has 0 aliphatic carbocycles. The maximum Gasteiger partial charge on any atom is 0.417 e. The summed E-state index contributed by atoms with van der Waals surface area (Å²) in [6.07, 6.45) is -9.11. The first kappa shape index (κ1) is 99.3. The molecular formula is C113H101F17. The molecule has 0 N–H and O–H groups in total. The van der Waals surface area contributed by atoms with E-state index in [1.807, 2.05) is 171 Å². The highest BCUT2D eigenvalue weighted by Gasteiger charge is 2.33. The van der Waals surface area contributed by atoms with E-state index in [2.05, 4.69) is 37.3 Å². The fraction of sp³-hybridized carbons (Fsp3) is 0.204. The fourth-order valence-corrected chi connectivity index (χ4v) is 15.5. The zero-order chi connectivity index (χ0) is 95.4. The Bertz CT molecular complexity index is 7170. The first-order chi connectivity index (χ1) is 61.4. The molecule has 0 amide bonds. The van der Waals surface area contributed by atoms with Gasteiger partial charge in [0.25, 0.3) is 12.9 Å². The lowest BCUT2D eigenvalue weighted by atomic mass is 9.99. The molecule has 0 aromatic heterocycles. The standard InChI is InChI=1S/C13H11F3.2C13H12F2.2C13H13F.C12H9F3.2C12H10F2.C12H11F/c1-8-3-4-10-5-9(2)7-12(11(10)6-8)13(14,15)16;1-8-3-6-11-10(7-8)5-4-9(2)12(11)13(14)15;1-8-3-4-10-5-9(2)7-12(13(14)15)11(10)6-8;1-9-3-6-12-11(7-9)5-4-10(2)13(12)8-14;1-9-3-4-11-5-10(2)6-12(8-14)13(11)7-9;1-6-3-4-8-5-7(2)11(14)12(15)9(8)10(6)13;1-7-5-9-4-3-8(2)12(14)11(9)10(13)6-7;1-7-3-4-9-6-8(2)11(13)12(14)10(9)5-7;1-8-3-6-11-10(7-8)5-4-9(2)12(11)13/h3-7H,1-2H3;2*3-7,13H,1-2H3;2*3-7H,8H2,1-2H3;3-5H,1-2H3;2*3-6H,1-2H3;3-7H,1-2H3. The molecule has 17 heteroatoms. The third-order valence-corrected chi connectivity index (χ3v) is 22.4. The summed E-state index contributed by atoms with van der Waals surface area (Å²) in [5, 5.41) is 12.0. The van der Waals surface area contributed by atoms with E-state index >= 15 is 0 Å². The van der Waals surface area contributed by atoms with Crippen LogP contribution >= 0.6 is 0 Å². The van der Waals surface area contributed by atoms with Gasteiger partial charge < -0.3 is 0 Å². The third-order valence-electron chi connectivity index (χ3n) is 22.4. The Labute approximate surface area is 747 Å². The Balaban J connectivity index is 0.000000152. The second-order valence-corrected chi connectivity index (χ2v) is 33.4. The predicted octanol–water partition coefficient (Wildman–Crippen LogP) is 36.1. The van der Waals surface area contributed by atoms with E-state index in [0.717, 1.165) is 104 Å². The molecule has 0 radical (unpaired) electrons. The lowest BCUT2D eigenvalue weighted by Gasteiger charge is -2.12. The number of aryl methyl sites for hydroxylation is 18. The van der Waals surface area contributed by atoms with E-state index in [9.17, 15) is 74.6 Å². The number of fused-ring (bicyclic) bond motifs is 9. The van der Waals surface area contributed by atoms with E-state index in [-0.39, 0.29) is 52.0 Å². The van der Waals surface area contributed by atoms with Crippen LogP contribution in [0.3, 0.4) is 0 Å². The third kappa shape index (κ3) is 24.2. The SMILES string of the molecule is Cc1cc(C(F)(F)F)c2cc(C)ccc2c1.Cc1cc(C(F)F)c2cc(C)ccc2c1.Cc1cc(CF)c2cc(C)ccc2c1.Cc1cc(F)c2c(F)c(C)ccc2c1.Cc1cc2ccc(C)c(F)c2c(F)c1F.Cc1ccc2c(C(F)F)c(C)ccc2c1.Cc1ccc2c(CF)c(C)ccc2c1.Cc1ccc2c(F)c(C)ccc2c1.Cc1ccc2cc(C)c(F)c(F)c2c1. The Kier molecular flexibility index (Phi) is 32.9.